The number of hydrogen-bond acceptors (Lipinski definition) is 4. The molecule has 2 aromatic carbocycles. The number of hydrogen-bond donors (Lipinski definition) is 2. The lowest BCUT2D eigenvalue weighted by Crippen LogP contribution is -2.45. The molecule has 4 rings (SSSR count). The van der Waals surface area contributed by atoms with Crippen LogP contribution in [0, 0.1) is 12.3 Å². The Hall–Kier alpha value is -4.35. The summed E-state index contributed by atoms with van der Waals surface area (Å²) in [5.74, 6) is 2.21. The Balaban J connectivity index is 1.45. The molecular formula is C26H24N4O4. The lowest BCUT2D eigenvalue weighted by molar-refractivity contribution is -0.119. The molecule has 0 radical (unpaired) electrons. The van der Waals surface area contributed by atoms with Crippen LogP contribution in [0.5, 0.6) is 0 Å². The van der Waals surface area contributed by atoms with E-state index in [1.807, 2.05) is 0 Å². The summed E-state index contributed by atoms with van der Waals surface area (Å²) in [6.45, 7) is 0.290. The van der Waals surface area contributed by atoms with Crippen molar-refractivity contribution in [3.63, 3.8) is 0 Å². The van der Waals surface area contributed by atoms with Gasteiger partial charge in [-0.2, -0.15) is 0 Å². The number of terminal acetylenes is 1. The molecule has 8 heteroatoms. The van der Waals surface area contributed by atoms with Gasteiger partial charge >= 0.3 is 6.03 Å². The van der Waals surface area contributed by atoms with Gasteiger partial charge in [-0.3, -0.25) is 14.2 Å². The van der Waals surface area contributed by atoms with Gasteiger partial charge in [-0.05, 0) is 54.6 Å². The van der Waals surface area contributed by atoms with Crippen molar-refractivity contribution in [2.45, 2.75) is 18.6 Å². The van der Waals surface area contributed by atoms with Crippen LogP contribution in [-0.4, -0.2) is 47.2 Å². The number of carbonyl (C=O) groups is 2. The maximum absolute atomic E-state index is 13.1. The number of methoxy groups -OCH3 is 1. The third-order valence-electron chi connectivity index (χ3n) is 5.70. The number of likely N-dealkylation sites (tertiary alicyclic amines) is 1. The number of ether oxygens (including phenoxy) is 1. The first-order chi connectivity index (χ1) is 16.5. The summed E-state index contributed by atoms with van der Waals surface area (Å²) < 4.78 is 6.93. The summed E-state index contributed by atoms with van der Waals surface area (Å²) in [5.41, 5.74) is 2.38. The number of carbonyl (C=O) groups excluding carboxylic acids is 2. The second kappa shape index (κ2) is 10.1. The minimum atomic E-state index is -0.702. The summed E-state index contributed by atoms with van der Waals surface area (Å²) in [4.78, 5) is 39.5. The molecule has 3 amide bonds. The standard InChI is InChI=1S/C26H24N4O4/c1-3-18-7-9-20(10-8-18)28-26(33)30-17-22(34-2)16-23(30)25(32)27-19-11-13-21(14-12-19)29-15-5-4-6-24(29)31/h1,4-15,22-23H,16-17H2,2H3,(H,27,32)(H,28,33)/t22-,23-/m1/s1. The van der Waals surface area contributed by atoms with Crippen LogP contribution in [0.15, 0.2) is 77.7 Å². The Bertz CT molecular complexity index is 1280. The molecular weight excluding hydrogens is 432 g/mol. The van der Waals surface area contributed by atoms with E-state index in [1.165, 1.54) is 15.5 Å². The van der Waals surface area contributed by atoms with Crippen molar-refractivity contribution in [1.82, 2.24) is 9.47 Å². The Morgan fingerprint density at radius 1 is 1.00 bits per heavy atom. The molecule has 3 aromatic rings. The van der Waals surface area contributed by atoms with Crippen molar-refractivity contribution in [3.05, 3.63) is 88.8 Å². The number of urea groups is 1. The highest BCUT2D eigenvalue weighted by Crippen LogP contribution is 2.23. The molecule has 172 valence electrons. The first kappa shape index (κ1) is 22.8. The monoisotopic (exact) mass is 456 g/mol. The van der Waals surface area contributed by atoms with E-state index in [-0.39, 0.29) is 17.6 Å². The molecule has 1 saturated heterocycles. The molecule has 0 saturated carbocycles. The van der Waals surface area contributed by atoms with E-state index < -0.39 is 12.1 Å². The van der Waals surface area contributed by atoms with Crippen molar-refractivity contribution < 1.29 is 14.3 Å². The fourth-order valence-corrected chi connectivity index (χ4v) is 3.86. The maximum atomic E-state index is 13.1. The highest BCUT2D eigenvalue weighted by molar-refractivity contribution is 5.99. The molecule has 0 bridgehead atoms. The zero-order valence-corrected chi connectivity index (χ0v) is 18.6. The van der Waals surface area contributed by atoms with Crippen LogP contribution in [0.25, 0.3) is 5.69 Å². The van der Waals surface area contributed by atoms with E-state index in [1.54, 1.807) is 74.0 Å². The Morgan fingerprint density at radius 2 is 1.68 bits per heavy atom. The van der Waals surface area contributed by atoms with Crippen molar-refractivity contribution in [2.24, 2.45) is 0 Å². The number of nitrogens with zero attached hydrogens (tertiary/aromatic N) is 2. The van der Waals surface area contributed by atoms with Crippen molar-refractivity contribution in [1.29, 1.82) is 0 Å². The van der Waals surface area contributed by atoms with E-state index in [0.29, 0.717) is 35.6 Å². The lowest BCUT2D eigenvalue weighted by atomic mass is 10.1. The smallest absolute Gasteiger partial charge is 0.322 e. The van der Waals surface area contributed by atoms with Crippen LogP contribution < -0.4 is 16.2 Å². The summed E-state index contributed by atoms with van der Waals surface area (Å²) in [6.07, 6.45) is 7.17. The maximum Gasteiger partial charge on any atom is 0.322 e. The van der Waals surface area contributed by atoms with E-state index in [2.05, 4.69) is 16.6 Å². The molecule has 0 spiro atoms. The third kappa shape index (κ3) is 5.00. The molecule has 1 aromatic heterocycles. The van der Waals surface area contributed by atoms with Gasteiger partial charge in [-0.15, -0.1) is 6.42 Å². The van der Waals surface area contributed by atoms with Crippen molar-refractivity contribution >= 4 is 23.3 Å². The van der Waals surface area contributed by atoms with Gasteiger partial charge in [0.2, 0.25) is 5.91 Å². The van der Waals surface area contributed by atoms with Crippen molar-refractivity contribution in [3.8, 4) is 18.0 Å². The number of pyridine rings is 1. The summed E-state index contributed by atoms with van der Waals surface area (Å²) in [6, 6.07) is 17.6. The average Bonchev–Trinajstić information content (AvgIpc) is 3.30. The Morgan fingerprint density at radius 3 is 2.32 bits per heavy atom. The van der Waals surface area contributed by atoms with Gasteiger partial charge in [-0.1, -0.05) is 12.0 Å². The lowest BCUT2D eigenvalue weighted by Gasteiger charge is -2.24. The number of anilines is 2. The predicted octanol–water partition coefficient (Wildman–Crippen LogP) is 3.08. The minimum absolute atomic E-state index is 0.147. The Kier molecular flexibility index (Phi) is 6.76. The second-order valence-electron chi connectivity index (χ2n) is 7.86. The van der Waals surface area contributed by atoms with E-state index in [0.717, 1.165) is 0 Å². The van der Waals surface area contributed by atoms with Crippen LogP contribution in [0.2, 0.25) is 0 Å². The summed E-state index contributed by atoms with van der Waals surface area (Å²) >= 11 is 0. The molecule has 2 atom stereocenters. The molecule has 2 heterocycles. The van der Waals surface area contributed by atoms with Gasteiger partial charge in [0.1, 0.15) is 6.04 Å². The molecule has 34 heavy (non-hydrogen) atoms. The molecule has 8 nitrogen and oxygen atoms in total. The van der Waals surface area contributed by atoms with Crippen LogP contribution in [-0.2, 0) is 9.53 Å². The Labute approximate surface area is 197 Å². The average molecular weight is 457 g/mol. The molecule has 0 aliphatic carbocycles. The quantitative estimate of drug-likeness (QED) is 0.577. The summed E-state index contributed by atoms with van der Waals surface area (Å²) in [5, 5.41) is 5.67. The molecule has 2 N–H and O–H groups in total. The zero-order chi connectivity index (χ0) is 24.1. The number of rotatable bonds is 5. The molecule has 0 unspecified atom stereocenters. The van der Waals surface area contributed by atoms with Gasteiger partial charge < -0.3 is 20.3 Å². The molecule has 1 fully saturated rings. The largest absolute Gasteiger partial charge is 0.380 e. The van der Waals surface area contributed by atoms with Gasteiger partial charge in [-0.25, -0.2) is 4.79 Å². The highest BCUT2D eigenvalue weighted by Gasteiger charge is 2.40. The zero-order valence-electron chi connectivity index (χ0n) is 18.6. The number of aromatic nitrogens is 1. The SMILES string of the molecule is C#Cc1ccc(NC(=O)N2C[C@H](OC)C[C@@H]2C(=O)Nc2ccc(-n3ccccc3=O)cc2)cc1. The van der Waals surface area contributed by atoms with Gasteiger partial charge in [0, 0.05) is 55.0 Å². The normalized spacial score (nSPS) is 17.1. The minimum Gasteiger partial charge on any atom is -0.380 e. The number of benzene rings is 2. The third-order valence-corrected chi connectivity index (χ3v) is 5.70. The van der Waals surface area contributed by atoms with Crippen LogP contribution in [0.4, 0.5) is 16.2 Å². The number of amides is 3. The molecule has 1 aliphatic rings. The van der Waals surface area contributed by atoms with Crippen LogP contribution >= 0.6 is 0 Å². The summed E-state index contributed by atoms with van der Waals surface area (Å²) in [7, 11) is 1.56. The van der Waals surface area contributed by atoms with Crippen LogP contribution in [0.1, 0.15) is 12.0 Å². The van der Waals surface area contributed by atoms with Crippen molar-refractivity contribution in [2.75, 3.05) is 24.3 Å². The van der Waals surface area contributed by atoms with E-state index in [4.69, 9.17) is 11.2 Å². The fourth-order valence-electron chi connectivity index (χ4n) is 3.86. The van der Waals surface area contributed by atoms with Gasteiger partial charge in [0.05, 0.1) is 6.10 Å². The number of nitrogens with one attached hydrogen (secondary N) is 2. The van der Waals surface area contributed by atoms with Crippen LogP contribution in [0.3, 0.4) is 0 Å². The fraction of sp³-hybridized carbons (Fsp3) is 0.192. The molecule has 1 aliphatic heterocycles. The van der Waals surface area contributed by atoms with Gasteiger partial charge in [0.25, 0.3) is 5.56 Å². The predicted molar refractivity (Wildman–Crippen MR) is 130 cm³/mol. The first-order valence-electron chi connectivity index (χ1n) is 10.7. The van der Waals surface area contributed by atoms with E-state index in [9.17, 15) is 14.4 Å². The first-order valence-corrected chi connectivity index (χ1v) is 10.7. The topological polar surface area (TPSA) is 92.7 Å². The second-order valence-corrected chi connectivity index (χ2v) is 7.86. The van der Waals surface area contributed by atoms with E-state index >= 15 is 0 Å². The van der Waals surface area contributed by atoms with Gasteiger partial charge in [0.15, 0.2) is 0 Å². The highest BCUT2D eigenvalue weighted by atomic mass is 16.5.